The molecule has 8 heteroatoms. The molecule has 1 unspecified atom stereocenters. The van der Waals surface area contributed by atoms with Gasteiger partial charge in [0.2, 0.25) is 5.91 Å². The van der Waals surface area contributed by atoms with Crippen molar-refractivity contribution in [2.45, 2.75) is 19.0 Å². The van der Waals surface area contributed by atoms with Gasteiger partial charge in [-0.1, -0.05) is 12.1 Å². The summed E-state index contributed by atoms with van der Waals surface area (Å²) in [4.78, 5) is 14.4. The first-order valence-corrected chi connectivity index (χ1v) is 11.4. The maximum atomic E-state index is 14.2. The predicted octanol–water partition coefficient (Wildman–Crippen LogP) is 3.64. The number of sulfone groups is 1. The average molecular weight is 442 g/mol. The van der Waals surface area contributed by atoms with Crippen LogP contribution >= 0.6 is 0 Å². The summed E-state index contributed by atoms with van der Waals surface area (Å²) in [5, 5.41) is 1.06. The van der Waals surface area contributed by atoms with Crippen LogP contribution in [0.4, 0.5) is 8.78 Å². The van der Waals surface area contributed by atoms with Gasteiger partial charge in [-0.05, 0) is 54.1 Å². The molecule has 0 saturated carbocycles. The summed E-state index contributed by atoms with van der Waals surface area (Å²) in [6.07, 6.45) is 5.23. The zero-order valence-electron chi connectivity index (χ0n) is 16.5. The summed E-state index contributed by atoms with van der Waals surface area (Å²) in [5.74, 6) is -1.93. The van der Waals surface area contributed by atoms with E-state index in [0.29, 0.717) is 0 Å². The molecule has 160 valence electrons. The largest absolute Gasteiger partial charge is 0.330 e. The van der Waals surface area contributed by atoms with E-state index in [0.717, 1.165) is 34.9 Å². The first kappa shape index (κ1) is 21.0. The third-order valence-corrected chi connectivity index (χ3v) is 6.55. The SMILES string of the molecule is O=C(Cc1ccc(-n2cccc2)cc1)N(Cc1cc(F)ccc1F)C1C=CS(=O)(=O)C1. The number of rotatable bonds is 6. The van der Waals surface area contributed by atoms with Crippen molar-refractivity contribution in [2.75, 3.05) is 5.75 Å². The maximum absolute atomic E-state index is 14.2. The monoisotopic (exact) mass is 442 g/mol. The van der Waals surface area contributed by atoms with Crippen LogP contribution in [0.3, 0.4) is 0 Å². The summed E-state index contributed by atoms with van der Waals surface area (Å²) in [5.41, 5.74) is 1.66. The fourth-order valence-corrected chi connectivity index (χ4v) is 4.86. The molecule has 0 spiro atoms. The first-order chi connectivity index (χ1) is 14.8. The second-order valence-corrected chi connectivity index (χ2v) is 9.35. The fourth-order valence-electron chi connectivity index (χ4n) is 3.56. The lowest BCUT2D eigenvalue weighted by Crippen LogP contribution is -2.41. The minimum atomic E-state index is -3.43. The molecular weight excluding hydrogens is 422 g/mol. The van der Waals surface area contributed by atoms with Crippen LogP contribution < -0.4 is 0 Å². The molecule has 0 radical (unpaired) electrons. The number of hydrogen-bond acceptors (Lipinski definition) is 3. The van der Waals surface area contributed by atoms with Crippen molar-refractivity contribution < 1.29 is 22.0 Å². The minimum absolute atomic E-state index is 0.00555. The first-order valence-electron chi connectivity index (χ1n) is 9.67. The highest BCUT2D eigenvalue weighted by molar-refractivity contribution is 7.94. The second-order valence-electron chi connectivity index (χ2n) is 7.42. The van der Waals surface area contributed by atoms with E-state index in [1.807, 2.05) is 53.4 Å². The summed E-state index contributed by atoms with van der Waals surface area (Å²) in [6.45, 7) is -0.228. The van der Waals surface area contributed by atoms with Gasteiger partial charge >= 0.3 is 0 Å². The van der Waals surface area contributed by atoms with E-state index in [4.69, 9.17) is 0 Å². The second kappa shape index (κ2) is 8.47. The number of carbonyl (C=O) groups excluding carboxylic acids is 1. The molecular formula is C23H20F2N2O3S. The number of nitrogens with zero attached hydrogens (tertiary/aromatic N) is 2. The van der Waals surface area contributed by atoms with Crippen LogP contribution in [0.1, 0.15) is 11.1 Å². The molecule has 2 heterocycles. The summed E-state index contributed by atoms with van der Waals surface area (Å²) >= 11 is 0. The van der Waals surface area contributed by atoms with Crippen molar-refractivity contribution in [1.82, 2.24) is 9.47 Å². The quantitative estimate of drug-likeness (QED) is 0.586. The third kappa shape index (κ3) is 4.91. The van der Waals surface area contributed by atoms with Crippen LogP contribution in [0.15, 0.2) is 78.5 Å². The highest BCUT2D eigenvalue weighted by Crippen LogP contribution is 2.21. The van der Waals surface area contributed by atoms with Gasteiger partial charge in [0.25, 0.3) is 0 Å². The molecule has 1 aliphatic rings. The molecule has 0 aliphatic carbocycles. The Morgan fingerprint density at radius 1 is 1.06 bits per heavy atom. The van der Waals surface area contributed by atoms with Crippen LogP contribution in [0.5, 0.6) is 0 Å². The van der Waals surface area contributed by atoms with E-state index >= 15 is 0 Å². The number of hydrogen-bond donors (Lipinski definition) is 0. The van der Waals surface area contributed by atoms with Crippen molar-refractivity contribution in [3.63, 3.8) is 0 Å². The van der Waals surface area contributed by atoms with Gasteiger partial charge < -0.3 is 9.47 Å². The zero-order valence-corrected chi connectivity index (χ0v) is 17.3. The Morgan fingerprint density at radius 2 is 1.77 bits per heavy atom. The Hall–Kier alpha value is -3.26. The van der Waals surface area contributed by atoms with Crippen molar-refractivity contribution >= 4 is 15.7 Å². The summed E-state index contributed by atoms with van der Waals surface area (Å²) < 4.78 is 53.5. The standard InChI is InChI=1S/C23H20F2N2O3S/c24-19-5-8-22(25)18(14-19)15-27(21-9-12-31(29,30)16-21)23(28)13-17-3-6-20(7-4-17)26-10-1-2-11-26/h1-12,14,21H,13,15-16H2. The Bertz CT molecular complexity index is 1220. The van der Waals surface area contributed by atoms with Crippen LogP contribution in [0, 0.1) is 11.6 Å². The van der Waals surface area contributed by atoms with E-state index in [-0.39, 0.29) is 30.2 Å². The van der Waals surface area contributed by atoms with Crippen LogP contribution in [0.2, 0.25) is 0 Å². The van der Waals surface area contributed by atoms with Crippen LogP contribution in [-0.2, 0) is 27.6 Å². The van der Waals surface area contributed by atoms with E-state index in [9.17, 15) is 22.0 Å². The molecule has 3 aromatic rings. The Labute approximate surface area is 179 Å². The van der Waals surface area contributed by atoms with Gasteiger partial charge in [0, 0.05) is 35.6 Å². The number of halogens is 2. The Kier molecular flexibility index (Phi) is 5.73. The minimum Gasteiger partial charge on any atom is -0.330 e. The van der Waals surface area contributed by atoms with Gasteiger partial charge in [-0.3, -0.25) is 4.79 Å². The van der Waals surface area contributed by atoms with Crippen LogP contribution in [0.25, 0.3) is 5.69 Å². The van der Waals surface area contributed by atoms with Gasteiger partial charge in [0.05, 0.1) is 18.2 Å². The number of benzene rings is 2. The van der Waals surface area contributed by atoms with Gasteiger partial charge in [0.15, 0.2) is 9.84 Å². The highest BCUT2D eigenvalue weighted by Gasteiger charge is 2.31. The van der Waals surface area contributed by atoms with E-state index in [1.54, 1.807) is 0 Å². The topological polar surface area (TPSA) is 59.4 Å². The smallest absolute Gasteiger partial charge is 0.227 e. The maximum Gasteiger partial charge on any atom is 0.227 e. The number of carbonyl (C=O) groups is 1. The van der Waals surface area contributed by atoms with Gasteiger partial charge in [-0.15, -0.1) is 0 Å². The molecule has 1 atom stereocenters. The normalized spacial score (nSPS) is 17.0. The molecule has 4 rings (SSSR count). The number of aromatic nitrogens is 1. The molecule has 1 aliphatic heterocycles. The third-order valence-electron chi connectivity index (χ3n) is 5.17. The van der Waals surface area contributed by atoms with Crippen molar-refractivity contribution in [1.29, 1.82) is 0 Å². The lowest BCUT2D eigenvalue weighted by atomic mass is 10.1. The van der Waals surface area contributed by atoms with E-state index in [1.165, 1.54) is 11.0 Å². The molecule has 0 saturated heterocycles. The zero-order chi connectivity index (χ0) is 22.0. The van der Waals surface area contributed by atoms with Crippen LogP contribution in [-0.4, -0.2) is 35.6 Å². The highest BCUT2D eigenvalue weighted by atomic mass is 32.2. The molecule has 1 amide bonds. The van der Waals surface area contributed by atoms with Crippen molar-refractivity contribution in [3.8, 4) is 5.69 Å². The van der Waals surface area contributed by atoms with Gasteiger partial charge in [0.1, 0.15) is 11.6 Å². The molecule has 0 N–H and O–H groups in total. The molecule has 5 nitrogen and oxygen atoms in total. The molecule has 31 heavy (non-hydrogen) atoms. The molecule has 0 bridgehead atoms. The fraction of sp³-hybridized carbons (Fsp3) is 0.174. The van der Waals surface area contributed by atoms with E-state index < -0.39 is 27.5 Å². The molecule has 0 fully saturated rings. The number of amides is 1. The van der Waals surface area contributed by atoms with E-state index in [2.05, 4.69) is 0 Å². The van der Waals surface area contributed by atoms with Gasteiger partial charge in [-0.2, -0.15) is 0 Å². The van der Waals surface area contributed by atoms with Gasteiger partial charge in [-0.25, -0.2) is 17.2 Å². The lowest BCUT2D eigenvalue weighted by molar-refractivity contribution is -0.132. The summed E-state index contributed by atoms with van der Waals surface area (Å²) in [6, 6.07) is 13.5. The summed E-state index contributed by atoms with van der Waals surface area (Å²) in [7, 11) is -3.43. The Balaban J connectivity index is 1.56. The molecule has 1 aromatic heterocycles. The Morgan fingerprint density at radius 3 is 2.42 bits per heavy atom. The lowest BCUT2D eigenvalue weighted by Gasteiger charge is -2.28. The van der Waals surface area contributed by atoms with Crippen molar-refractivity contribution in [2.24, 2.45) is 0 Å². The van der Waals surface area contributed by atoms with Crippen molar-refractivity contribution in [3.05, 3.63) is 101 Å². The predicted molar refractivity (Wildman–Crippen MR) is 113 cm³/mol. The molecule has 2 aromatic carbocycles. The average Bonchev–Trinajstić information content (AvgIpc) is 3.39.